The number of piperidine rings is 1. The predicted octanol–water partition coefficient (Wildman–Crippen LogP) is 4.53. The number of nitrogens with zero attached hydrogens (tertiary/aromatic N) is 2. The lowest BCUT2D eigenvalue weighted by Crippen LogP contribution is -2.41. The number of benzene rings is 1. The molecule has 2 heterocycles. The summed E-state index contributed by atoms with van der Waals surface area (Å²) in [6.45, 7) is 1.71. The molecule has 1 saturated carbocycles. The third-order valence-corrected chi connectivity index (χ3v) is 6.39. The molecular weight excluding hydrogens is 374 g/mol. The third kappa shape index (κ3) is 2.66. The van der Waals surface area contributed by atoms with Crippen molar-refractivity contribution in [3.05, 3.63) is 51.8 Å². The van der Waals surface area contributed by atoms with Gasteiger partial charge in [-0.3, -0.25) is 4.68 Å². The summed E-state index contributed by atoms with van der Waals surface area (Å²) in [6, 6.07) is 6.57. The smallest absolute Gasteiger partial charge is 0.316 e. The first-order chi connectivity index (χ1) is 11.8. The molecule has 0 amide bonds. The average Bonchev–Trinajstić information content (AvgIpc) is 2.99. The van der Waals surface area contributed by atoms with Crippen molar-refractivity contribution in [2.24, 2.45) is 5.41 Å². The van der Waals surface area contributed by atoms with Gasteiger partial charge in [-0.15, -0.1) is 0 Å². The van der Waals surface area contributed by atoms with Crippen molar-refractivity contribution in [2.45, 2.75) is 31.0 Å². The highest BCUT2D eigenvalue weighted by Gasteiger charge is 2.68. The van der Waals surface area contributed by atoms with Crippen LogP contribution >= 0.6 is 23.2 Å². The minimum Gasteiger partial charge on any atom is -0.316 e. The lowest BCUT2D eigenvalue weighted by molar-refractivity contribution is -0.144. The van der Waals surface area contributed by atoms with Gasteiger partial charge in [-0.2, -0.15) is 18.3 Å². The Bertz CT molecular complexity index is 820. The van der Waals surface area contributed by atoms with E-state index in [-0.39, 0.29) is 17.4 Å². The van der Waals surface area contributed by atoms with Gasteiger partial charge in [0, 0.05) is 30.1 Å². The standard InChI is InChI=1S/C17H16Cl2F3N3/c18-12-2-1-11(7-13(12)19)16-4-6-23-9-15(16,8-16)10-25-14(3-5-24-25)17(20,21)22/h1-3,5,7,23H,4,6,8-10H2/t15-,16-/m1/s1. The summed E-state index contributed by atoms with van der Waals surface area (Å²) in [6.07, 6.45) is -1.54. The normalized spacial score (nSPS) is 28.7. The third-order valence-electron chi connectivity index (χ3n) is 5.65. The summed E-state index contributed by atoms with van der Waals surface area (Å²) in [7, 11) is 0. The van der Waals surface area contributed by atoms with Gasteiger partial charge >= 0.3 is 6.18 Å². The fourth-order valence-electron chi connectivity index (χ4n) is 4.34. The maximum absolute atomic E-state index is 13.2. The van der Waals surface area contributed by atoms with Gasteiger partial charge in [0.1, 0.15) is 5.69 Å². The van der Waals surface area contributed by atoms with Gasteiger partial charge in [0.25, 0.3) is 0 Å². The van der Waals surface area contributed by atoms with Crippen LogP contribution < -0.4 is 5.32 Å². The summed E-state index contributed by atoms with van der Waals surface area (Å²) in [5.74, 6) is 0. The van der Waals surface area contributed by atoms with Gasteiger partial charge in [-0.25, -0.2) is 0 Å². The number of alkyl halides is 3. The fourth-order valence-corrected chi connectivity index (χ4v) is 4.64. The van der Waals surface area contributed by atoms with Crippen molar-refractivity contribution < 1.29 is 13.2 Å². The topological polar surface area (TPSA) is 29.9 Å². The van der Waals surface area contributed by atoms with Crippen LogP contribution in [0, 0.1) is 5.41 Å². The van der Waals surface area contributed by atoms with Crippen molar-refractivity contribution in [3.63, 3.8) is 0 Å². The first kappa shape index (κ1) is 17.2. The van der Waals surface area contributed by atoms with Gasteiger partial charge < -0.3 is 5.32 Å². The fraction of sp³-hybridized carbons (Fsp3) is 0.471. The summed E-state index contributed by atoms with van der Waals surface area (Å²) in [5, 5.41) is 8.21. The van der Waals surface area contributed by atoms with Crippen molar-refractivity contribution in [1.82, 2.24) is 15.1 Å². The van der Waals surface area contributed by atoms with Crippen LogP contribution in [0.1, 0.15) is 24.1 Å². The predicted molar refractivity (Wildman–Crippen MR) is 89.9 cm³/mol. The van der Waals surface area contributed by atoms with E-state index in [0.29, 0.717) is 16.6 Å². The Morgan fingerprint density at radius 2 is 2.00 bits per heavy atom. The maximum atomic E-state index is 13.2. The van der Waals surface area contributed by atoms with Gasteiger partial charge in [-0.1, -0.05) is 29.3 Å². The molecule has 3 nitrogen and oxygen atoms in total. The summed E-state index contributed by atoms with van der Waals surface area (Å²) in [4.78, 5) is 0. The SMILES string of the molecule is FC(F)(F)c1ccnn1C[C@@]12CNCC[C@]1(c1ccc(Cl)c(Cl)c1)C2. The Hall–Kier alpha value is -1.24. The monoisotopic (exact) mass is 389 g/mol. The second-order valence-electron chi connectivity index (χ2n) is 6.97. The van der Waals surface area contributed by atoms with Gasteiger partial charge in [0.05, 0.1) is 10.0 Å². The molecule has 0 unspecified atom stereocenters. The van der Waals surface area contributed by atoms with Crippen LogP contribution in [0.15, 0.2) is 30.5 Å². The number of hydrogen-bond donors (Lipinski definition) is 1. The van der Waals surface area contributed by atoms with Gasteiger partial charge in [-0.05, 0) is 43.1 Å². The van der Waals surface area contributed by atoms with Crippen LogP contribution in [0.4, 0.5) is 13.2 Å². The van der Waals surface area contributed by atoms with E-state index in [0.717, 1.165) is 35.7 Å². The van der Waals surface area contributed by atoms with E-state index in [2.05, 4.69) is 10.4 Å². The Balaban J connectivity index is 1.69. The molecule has 1 aliphatic carbocycles. The molecule has 1 N–H and O–H groups in total. The first-order valence-electron chi connectivity index (χ1n) is 8.03. The molecule has 134 valence electrons. The second-order valence-corrected chi connectivity index (χ2v) is 7.78. The number of aromatic nitrogens is 2. The molecule has 1 aliphatic heterocycles. The number of nitrogens with one attached hydrogen (secondary N) is 1. The molecular formula is C17H16Cl2F3N3. The molecule has 1 saturated heterocycles. The zero-order valence-corrected chi connectivity index (χ0v) is 14.7. The Kier molecular flexibility index (Phi) is 3.87. The van der Waals surface area contributed by atoms with Crippen molar-refractivity contribution in [2.75, 3.05) is 13.1 Å². The molecule has 1 aromatic carbocycles. The minimum absolute atomic E-state index is 0.179. The van der Waals surface area contributed by atoms with E-state index in [4.69, 9.17) is 23.2 Å². The van der Waals surface area contributed by atoms with E-state index in [1.54, 1.807) is 6.07 Å². The van der Waals surface area contributed by atoms with Crippen LogP contribution in [0.25, 0.3) is 0 Å². The Morgan fingerprint density at radius 1 is 1.20 bits per heavy atom. The molecule has 0 bridgehead atoms. The largest absolute Gasteiger partial charge is 0.433 e. The van der Waals surface area contributed by atoms with Gasteiger partial charge in [0.15, 0.2) is 0 Å². The quantitative estimate of drug-likeness (QED) is 0.835. The minimum atomic E-state index is -4.41. The maximum Gasteiger partial charge on any atom is 0.433 e. The zero-order chi connectivity index (χ0) is 17.9. The first-order valence-corrected chi connectivity index (χ1v) is 8.78. The van der Waals surface area contributed by atoms with E-state index in [1.165, 1.54) is 6.20 Å². The summed E-state index contributed by atoms with van der Waals surface area (Å²) in [5.41, 5.74) is -0.137. The second kappa shape index (κ2) is 5.63. The van der Waals surface area contributed by atoms with Crippen LogP contribution in [0.5, 0.6) is 0 Å². The van der Waals surface area contributed by atoms with E-state index < -0.39 is 11.9 Å². The van der Waals surface area contributed by atoms with E-state index in [9.17, 15) is 13.2 Å². The number of rotatable bonds is 3. The summed E-state index contributed by atoms with van der Waals surface area (Å²) < 4.78 is 40.6. The van der Waals surface area contributed by atoms with Crippen LogP contribution in [-0.2, 0) is 18.1 Å². The average molecular weight is 390 g/mol. The van der Waals surface area contributed by atoms with E-state index in [1.807, 2.05) is 12.1 Å². The number of hydrogen-bond acceptors (Lipinski definition) is 2. The highest BCUT2D eigenvalue weighted by Crippen LogP contribution is 2.68. The zero-order valence-electron chi connectivity index (χ0n) is 13.2. The highest BCUT2D eigenvalue weighted by atomic mass is 35.5. The lowest BCUT2D eigenvalue weighted by Gasteiger charge is -2.32. The van der Waals surface area contributed by atoms with Crippen LogP contribution in [0.3, 0.4) is 0 Å². The molecule has 4 rings (SSSR count). The van der Waals surface area contributed by atoms with Crippen molar-refractivity contribution in [1.29, 1.82) is 0 Å². The molecule has 25 heavy (non-hydrogen) atoms. The molecule has 2 atom stereocenters. The lowest BCUT2D eigenvalue weighted by atomic mass is 9.81. The van der Waals surface area contributed by atoms with E-state index >= 15 is 0 Å². The molecule has 2 aliphatic rings. The molecule has 2 fully saturated rings. The van der Waals surface area contributed by atoms with Crippen molar-refractivity contribution >= 4 is 23.2 Å². The Morgan fingerprint density at radius 3 is 2.72 bits per heavy atom. The van der Waals surface area contributed by atoms with Crippen LogP contribution in [0.2, 0.25) is 10.0 Å². The number of fused-ring (bicyclic) bond motifs is 1. The Labute approximate surface area is 153 Å². The molecule has 0 spiro atoms. The van der Waals surface area contributed by atoms with Crippen molar-refractivity contribution in [3.8, 4) is 0 Å². The van der Waals surface area contributed by atoms with Crippen LogP contribution in [-0.4, -0.2) is 22.9 Å². The number of halogens is 5. The molecule has 0 radical (unpaired) electrons. The molecule has 1 aromatic heterocycles. The highest BCUT2D eigenvalue weighted by molar-refractivity contribution is 6.42. The molecule has 8 heteroatoms. The van der Waals surface area contributed by atoms with Gasteiger partial charge in [0.2, 0.25) is 0 Å². The summed E-state index contributed by atoms with van der Waals surface area (Å²) >= 11 is 12.2. The molecule has 2 aromatic rings.